The van der Waals surface area contributed by atoms with Gasteiger partial charge in [0.2, 0.25) is 0 Å². The molecular weight excluding hydrogens is 205 g/mol. The number of nitrogens with zero attached hydrogens (tertiary/aromatic N) is 1. The highest BCUT2D eigenvalue weighted by Crippen LogP contribution is 2.20. The van der Waals surface area contributed by atoms with E-state index in [1.54, 1.807) is 0 Å². The molecule has 0 spiro atoms. The Morgan fingerprint density at radius 3 is 2.33 bits per heavy atom. The van der Waals surface area contributed by atoms with Gasteiger partial charge in [0.1, 0.15) is 0 Å². The van der Waals surface area contributed by atoms with Gasteiger partial charge >= 0.3 is 6.18 Å². The van der Waals surface area contributed by atoms with Crippen LogP contribution in [-0.4, -0.2) is 43.8 Å². The average molecular weight is 224 g/mol. The summed E-state index contributed by atoms with van der Waals surface area (Å²) >= 11 is 0. The van der Waals surface area contributed by atoms with Crippen LogP contribution in [0.15, 0.2) is 0 Å². The molecule has 15 heavy (non-hydrogen) atoms. The van der Waals surface area contributed by atoms with E-state index in [2.05, 4.69) is 10.2 Å². The van der Waals surface area contributed by atoms with Crippen LogP contribution in [0.25, 0.3) is 0 Å². The molecule has 0 aliphatic carbocycles. The van der Waals surface area contributed by atoms with Crippen molar-refractivity contribution in [3.05, 3.63) is 0 Å². The Labute approximate surface area is 88.8 Å². The van der Waals surface area contributed by atoms with Crippen molar-refractivity contribution < 1.29 is 13.2 Å². The van der Waals surface area contributed by atoms with E-state index < -0.39 is 12.6 Å². The number of alkyl halides is 3. The molecule has 2 nitrogen and oxygen atoms in total. The van der Waals surface area contributed by atoms with E-state index in [1.165, 1.54) is 12.8 Å². The SMILES string of the molecule is FC(F)(F)CCCNCCN1CCCC1. The minimum Gasteiger partial charge on any atom is -0.315 e. The van der Waals surface area contributed by atoms with Gasteiger partial charge in [0.05, 0.1) is 0 Å². The van der Waals surface area contributed by atoms with E-state index in [9.17, 15) is 13.2 Å². The van der Waals surface area contributed by atoms with Crippen molar-refractivity contribution in [3.8, 4) is 0 Å². The highest BCUT2D eigenvalue weighted by atomic mass is 19.4. The van der Waals surface area contributed by atoms with E-state index in [0.717, 1.165) is 26.2 Å². The molecule has 5 heteroatoms. The fourth-order valence-corrected chi connectivity index (χ4v) is 1.78. The minimum absolute atomic E-state index is 0.184. The first-order valence-electron chi connectivity index (χ1n) is 5.58. The van der Waals surface area contributed by atoms with Gasteiger partial charge in [0, 0.05) is 19.5 Å². The maximum absolute atomic E-state index is 11.8. The van der Waals surface area contributed by atoms with Crippen LogP contribution in [0, 0.1) is 0 Å². The molecule has 0 aromatic rings. The summed E-state index contributed by atoms with van der Waals surface area (Å²) in [6.07, 6.45) is -1.98. The van der Waals surface area contributed by atoms with E-state index in [-0.39, 0.29) is 6.42 Å². The van der Waals surface area contributed by atoms with E-state index >= 15 is 0 Å². The largest absolute Gasteiger partial charge is 0.389 e. The van der Waals surface area contributed by atoms with Gasteiger partial charge in [-0.1, -0.05) is 0 Å². The molecule has 1 aliphatic heterocycles. The summed E-state index contributed by atoms with van der Waals surface area (Å²) in [5.74, 6) is 0. The van der Waals surface area contributed by atoms with Crippen molar-refractivity contribution in [2.45, 2.75) is 31.9 Å². The van der Waals surface area contributed by atoms with Gasteiger partial charge in [-0.15, -0.1) is 0 Å². The summed E-state index contributed by atoms with van der Waals surface area (Å²) in [4.78, 5) is 2.34. The molecule has 1 fully saturated rings. The molecule has 0 aromatic carbocycles. The van der Waals surface area contributed by atoms with Crippen molar-refractivity contribution >= 4 is 0 Å². The van der Waals surface area contributed by atoms with Crippen molar-refractivity contribution in [1.82, 2.24) is 10.2 Å². The molecule has 1 rings (SSSR count). The molecule has 1 heterocycles. The first-order chi connectivity index (χ1) is 7.08. The molecule has 0 radical (unpaired) electrons. The highest BCUT2D eigenvalue weighted by molar-refractivity contribution is 4.66. The first-order valence-corrected chi connectivity index (χ1v) is 5.58. The monoisotopic (exact) mass is 224 g/mol. The third-order valence-corrected chi connectivity index (χ3v) is 2.62. The minimum atomic E-state index is -4.00. The number of nitrogens with one attached hydrogen (secondary N) is 1. The topological polar surface area (TPSA) is 15.3 Å². The summed E-state index contributed by atoms with van der Waals surface area (Å²) in [5.41, 5.74) is 0. The molecule has 0 amide bonds. The molecule has 1 N–H and O–H groups in total. The number of hydrogen-bond donors (Lipinski definition) is 1. The zero-order chi connectivity index (χ0) is 11.1. The smallest absolute Gasteiger partial charge is 0.315 e. The Morgan fingerprint density at radius 2 is 1.73 bits per heavy atom. The fraction of sp³-hybridized carbons (Fsp3) is 1.00. The quantitative estimate of drug-likeness (QED) is 0.694. The molecule has 0 bridgehead atoms. The van der Waals surface area contributed by atoms with Crippen LogP contribution < -0.4 is 5.32 Å². The Morgan fingerprint density at radius 1 is 1.07 bits per heavy atom. The van der Waals surface area contributed by atoms with Crippen LogP contribution in [0.3, 0.4) is 0 Å². The van der Waals surface area contributed by atoms with Crippen LogP contribution in [0.2, 0.25) is 0 Å². The zero-order valence-electron chi connectivity index (χ0n) is 8.95. The Hall–Kier alpha value is -0.290. The molecular formula is C10H19F3N2. The normalized spacial score (nSPS) is 18.6. The second-order valence-corrected chi connectivity index (χ2v) is 4.02. The van der Waals surface area contributed by atoms with Gasteiger partial charge in [-0.2, -0.15) is 13.2 Å². The lowest BCUT2D eigenvalue weighted by molar-refractivity contribution is -0.135. The molecule has 90 valence electrons. The van der Waals surface area contributed by atoms with Gasteiger partial charge in [0.25, 0.3) is 0 Å². The van der Waals surface area contributed by atoms with Gasteiger partial charge in [0.15, 0.2) is 0 Å². The third-order valence-electron chi connectivity index (χ3n) is 2.62. The highest BCUT2D eigenvalue weighted by Gasteiger charge is 2.25. The van der Waals surface area contributed by atoms with Crippen molar-refractivity contribution in [2.24, 2.45) is 0 Å². The number of halogens is 3. The summed E-state index contributed by atoms with van der Waals surface area (Å²) in [6.45, 7) is 4.52. The first kappa shape index (κ1) is 12.8. The average Bonchev–Trinajstić information content (AvgIpc) is 2.61. The van der Waals surface area contributed by atoms with Gasteiger partial charge in [-0.25, -0.2) is 0 Å². The number of hydrogen-bond acceptors (Lipinski definition) is 2. The molecule has 0 unspecified atom stereocenters. The second kappa shape index (κ2) is 6.33. The molecule has 0 saturated carbocycles. The number of likely N-dealkylation sites (tertiary alicyclic amines) is 1. The summed E-state index contributed by atoms with van der Waals surface area (Å²) in [5, 5.41) is 3.04. The Bertz CT molecular complexity index is 165. The predicted octanol–water partition coefficient (Wildman–Crippen LogP) is 2.01. The zero-order valence-corrected chi connectivity index (χ0v) is 8.95. The van der Waals surface area contributed by atoms with Gasteiger partial charge in [-0.3, -0.25) is 0 Å². The van der Waals surface area contributed by atoms with Crippen molar-refractivity contribution in [2.75, 3.05) is 32.7 Å². The van der Waals surface area contributed by atoms with E-state index in [0.29, 0.717) is 6.54 Å². The maximum atomic E-state index is 11.8. The molecule has 1 saturated heterocycles. The van der Waals surface area contributed by atoms with Crippen LogP contribution in [0.1, 0.15) is 25.7 Å². The Balaban J connectivity index is 1.84. The van der Waals surface area contributed by atoms with Crippen LogP contribution >= 0.6 is 0 Å². The molecule has 1 aliphatic rings. The maximum Gasteiger partial charge on any atom is 0.389 e. The van der Waals surface area contributed by atoms with Crippen LogP contribution in [0.4, 0.5) is 13.2 Å². The predicted molar refractivity (Wildman–Crippen MR) is 53.8 cm³/mol. The fourth-order valence-electron chi connectivity index (χ4n) is 1.78. The van der Waals surface area contributed by atoms with Crippen LogP contribution in [-0.2, 0) is 0 Å². The molecule has 0 atom stereocenters. The molecule has 0 aromatic heterocycles. The Kier molecular flexibility index (Phi) is 5.39. The van der Waals surface area contributed by atoms with Crippen molar-refractivity contribution in [3.63, 3.8) is 0 Å². The summed E-state index contributed by atoms with van der Waals surface area (Å²) in [6, 6.07) is 0. The van der Waals surface area contributed by atoms with Crippen LogP contribution in [0.5, 0.6) is 0 Å². The summed E-state index contributed by atoms with van der Waals surface area (Å²) in [7, 11) is 0. The van der Waals surface area contributed by atoms with E-state index in [4.69, 9.17) is 0 Å². The van der Waals surface area contributed by atoms with E-state index in [1.807, 2.05) is 0 Å². The lowest BCUT2D eigenvalue weighted by atomic mass is 10.3. The number of rotatable bonds is 6. The van der Waals surface area contributed by atoms with Gasteiger partial charge in [-0.05, 0) is 38.9 Å². The third kappa shape index (κ3) is 6.73. The van der Waals surface area contributed by atoms with Crippen molar-refractivity contribution in [1.29, 1.82) is 0 Å². The lowest BCUT2D eigenvalue weighted by Gasteiger charge is -2.14. The summed E-state index contributed by atoms with van der Waals surface area (Å²) < 4.78 is 35.3. The van der Waals surface area contributed by atoms with Gasteiger partial charge < -0.3 is 10.2 Å². The lowest BCUT2D eigenvalue weighted by Crippen LogP contribution is -2.30. The second-order valence-electron chi connectivity index (χ2n) is 4.02. The standard InChI is InChI=1S/C10H19F3N2/c11-10(12,13)4-3-5-14-6-9-15-7-1-2-8-15/h14H,1-9H2.